The van der Waals surface area contributed by atoms with E-state index in [0.717, 1.165) is 25.1 Å². The van der Waals surface area contributed by atoms with Crippen LogP contribution < -0.4 is 4.90 Å². The van der Waals surface area contributed by atoms with Gasteiger partial charge in [0, 0.05) is 45.5 Å². The van der Waals surface area contributed by atoms with Crippen LogP contribution in [0, 0.1) is 5.92 Å². The molecule has 3 rings (SSSR count). The van der Waals surface area contributed by atoms with Gasteiger partial charge in [0.25, 0.3) is 10.2 Å². The fourth-order valence-corrected chi connectivity index (χ4v) is 5.16. The number of piperazine rings is 1. The summed E-state index contributed by atoms with van der Waals surface area (Å²) in [7, 11) is -3.48. The van der Waals surface area contributed by atoms with Gasteiger partial charge in [0.1, 0.15) is 5.82 Å². The van der Waals surface area contributed by atoms with Crippen LogP contribution in [0.2, 0.25) is 0 Å². The van der Waals surface area contributed by atoms with Crippen molar-refractivity contribution in [3.8, 4) is 0 Å². The van der Waals surface area contributed by atoms with Gasteiger partial charge < -0.3 is 4.90 Å². The Morgan fingerprint density at radius 2 is 1.77 bits per heavy atom. The van der Waals surface area contributed by atoms with E-state index in [9.17, 15) is 21.6 Å². The summed E-state index contributed by atoms with van der Waals surface area (Å²) in [5.41, 5.74) is -0.790. The standard InChI is InChI=1S/C16H23F3N4O2S/c1-13-3-2-6-23(12-13)26(24,25)22-9-7-21(8-10-22)15-5-4-14(11-20-15)16(17,18)19/h4-5,11,13H,2-3,6-10,12H2,1H3. The summed E-state index contributed by atoms with van der Waals surface area (Å²) in [5, 5.41) is 0. The number of aromatic nitrogens is 1. The van der Waals surface area contributed by atoms with Gasteiger partial charge in [-0.15, -0.1) is 0 Å². The highest BCUT2D eigenvalue weighted by Crippen LogP contribution is 2.29. The Hall–Kier alpha value is -1.39. The fourth-order valence-electron chi connectivity index (χ4n) is 3.41. The van der Waals surface area contributed by atoms with Gasteiger partial charge in [-0.05, 0) is 30.9 Å². The van der Waals surface area contributed by atoms with E-state index in [-0.39, 0.29) is 0 Å². The second kappa shape index (κ2) is 7.32. The average molecular weight is 392 g/mol. The lowest BCUT2D eigenvalue weighted by Crippen LogP contribution is -2.54. The molecule has 3 heterocycles. The maximum atomic E-state index is 12.8. The van der Waals surface area contributed by atoms with E-state index < -0.39 is 21.9 Å². The molecule has 2 aliphatic heterocycles. The van der Waals surface area contributed by atoms with E-state index in [2.05, 4.69) is 11.9 Å². The van der Waals surface area contributed by atoms with Gasteiger partial charge in [0.15, 0.2) is 0 Å². The van der Waals surface area contributed by atoms with E-state index in [4.69, 9.17) is 0 Å². The Kier molecular flexibility index (Phi) is 5.45. The van der Waals surface area contributed by atoms with Crippen LogP contribution in [-0.2, 0) is 16.4 Å². The highest BCUT2D eigenvalue weighted by molar-refractivity contribution is 7.86. The molecule has 2 aliphatic rings. The molecule has 0 radical (unpaired) electrons. The van der Waals surface area contributed by atoms with Crippen LogP contribution in [0.5, 0.6) is 0 Å². The molecule has 2 saturated heterocycles. The lowest BCUT2D eigenvalue weighted by Gasteiger charge is -2.39. The Labute approximate surface area is 151 Å². The second-order valence-corrected chi connectivity index (χ2v) is 8.83. The number of halogens is 3. The molecule has 10 heteroatoms. The molecule has 1 unspecified atom stereocenters. The first-order valence-corrected chi connectivity index (χ1v) is 10.1. The van der Waals surface area contributed by atoms with Crippen LogP contribution in [-0.4, -0.2) is 61.3 Å². The Morgan fingerprint density at radius 3 is 2.31 bits per heavy atom. The van der Waals surface area contributed by atoms with Crippen molar-refractivity contribution in [1.29, 1.82) is 0 Å². The minimum atomic E-state index is -4.41. The van der Waals surface area contributed by atoms with Gasteiger partial charge in [-0.2, -0.15) is 30.2 Å². The van der Waals surface area contributed by atoms with Crippen LogP contribution in [0.25, 0.3) is 0 Å². The topological polar surface area (TPSA) is 56.8 Å². The SMILES string of the molecule is CC1CCCN(S(=O)(=O)N2CCN(c3ccc(C(F)(F)F)cn3)CC2)C1. The zero-order valence-electron chi connectivity index (χ0n) is 14.6. The lowest BCUT2D eigenvalue weighted by molar-refractivity contribution is -0.137. The molecule has 0 amide bonds. The molecule has 0 saturated carbocycles. The number of alkyl halides is 3. The summed E-state index contributed by atoms with van der Waals surface area (Å²) in [6.07, 6.45) is -1.69. The lowest BCUT2D eigenvalue weighted by atomic mass is 10.0. The predicted octanol–water partition coefficient (Wildman–Crippen LogP) is 2.20. The molecule has 0 aliphatic carbocycles. The summed E-state index contributed by atoms with van der Waals surface area (Å²) >= 11 is 0. The maximum absolute atomic E-state index is 12.8. The third-order valence-electron chi connectivity index (χ3n) is 4.91. The minimum Gasteiger partial charge on any atom is -0.354 e. The highest BCUT2D eigenvalue weighted by atomic mass is 32.2. The number of hydrogen-bond acceptors (Lipinski definition) is 4. The normalized spacial score (nSPS) is 24.0. The van der Waals surface area contributed by atoms with Crippen molar-refractivity contribution < 1.29 is 21.6 Å². The Bertz CT molecular complexity index is 716. The first-order chi connectivity index (χ1) is 12.2. The molecule has 0 aromatic carbocycles. The fraction of sp³-hybridized carbons (Fsp3) is 0.688. The maximum Gasteiger partial charge on any atom is 0.417 e. The molecule has 1 atom stereocenters. The zero-order valence-corrected chi connectivity index (χ0v) is 15.4. The van der Waals surface area contributed by atoms with Gasteiger partial charge in [-0.3, -0.25) is 0 Å². The zero-order chi connectivity index (χ0) is 18.9. The third kappa shape index (κ3) is 4.12. The van der Waals surface area contributed by atoms with Crippen LogP contribution in [0.4, 0.5) is 19.0 Å². The molecule has 0 spiro atoms. The van der Waals surface area contributed by atoms with Crippen LogP contribution in [0.3, 0.4) is 0 Å². The number of pyridine rings is 1. The molecule has 0 bridgehead atoms. The molecular weight excluding hydrogens is 369 g/mol. The molecule has 0 N–H and O–H groups in total. The van der Waals surface area contributed by atoms with E-state index in [1.165, 1.54) is 10.4 Å². The summed E-state index contributed by atoms with van der Waals surface area (Å²) in [6, 6.07) is 2.33. The molecule has 6 nitrogen and oxygen atoms in total. The first kappa shape index (κ1) is 19.4. The predicted molar refractivity (Wildman–Crippen MR) is 91.9 cm³/mol. The van der Waals surface area contributed by atoms with E-state index in [1.54, 1.807) is 4.31 Å². The van der Waals surface area contributed by atoms with Crippen LogP contribution >= 0.6 is 0 Å². The highest BCUT2D eigenvalue weighted by Gasteiger charge is 2.35. The number of piperidine rings is 1. The summed E-state index contributed by atoms with van der Waals surface area (Å²) in [5.74, 6) is 0.790. The molecule has 2 fully saturated rings. The summed E-state index contributed by atoms with van der Waals surface area (Å²) in [6.45, 7) is 4.56. The first-order valence-electron chi connectivity index (χ1n) is 8.71. The van der Waals surface area contributed by atoms with Crippen molar-refractivity contribution >= 4 is 16.0 Å². The van der Waals surface area contributed by atoms with Crippen molar-refractivity contribution in [2.75, 3.05) is 44.2 Å². The quantitative estimate of drug-likeness (QED) is 0.791. The molecule has 1 aromatic rings. The number of hydrogen-bond donors (Lipinski definition) is 0. The van der Waals surface area contributed by atoms with Gasteiger partial charge >= 0.3 is 6.18 Å². The van der Waals surface area contributed by atoms with Gasteiger partial charge in [-0.1, -0.05) is 6.92 Å². The molecule has 146 valence electrons. The van der Waals surface area contributed by atoms with Crippen molar-refractivity contribution in [2.45, 2.75) is 25.9 Å². The average Bonchev–Trinajstić information content (AvgIpc) is 2.61. The van der Waals surface area contributed by atoms with Crippen LogP contribution in [0.15, 0.2) is 18.3 Å². The van der Waals surface area contributed by atoms with Crippen molar-refractivity contribution in [2.24, 2.45) is 5.92 Å². The minimum absolute atomic E-state index is 0.302. The van der Waals surface area contributed by atoms with E-state index >= 15 is 0 Å². The molecule has 26 heavy (non-hydrogen) atoms. The van der Waals surface area contributed by atoms with Crippen molar-refractivity contribution in [3.05, 3.63) is 23.9 Å². The van der Waals surface area contributed by atoms with Gasteiger partial charge in [0.05, 0.1) is 5.56 Å². The number of nitrogens with zero attached hydrogens (tertiary/aromatic N) is 4. The van der Waals surface area contributed by atoms with E-state index in [1.807, 2.05) is 4.90 Å². The van der Waals surface area contributed by atoms with Gasteiger partial charge in [0.2, 0.25) is 0 Å². The van der Waals surface area contributed by atoms with Crippen LogP contribution in [0.1, 0.15) is 25.3 Å². The number of rotatable bonds is 3. The Balaban J connectivity index is 1.62. The second-order valence-electron chi connectivity index (χ2n) is 6.90. The van der Waals surface area contributed by atoms with Gasteiger partial charge in [-0.25, -0.2) is 4.98 Å². The smallest absolute Gasteiger partial charge is 0.354 e. The monoisotopic (exact) mass is 392 g/mol. The number of anilines is 1. The molecule has 1 aromatic heterocycles. The van der Waals surface area contributed by atoms with Crippen molar-refractivity contribution in [3.63, 3.8) is 0 Å². The summed E-state index contributed by atoms with van der Waals surface area (Å²) in [4.78, 5) is 5.69. The largest absolute Gasteiger partial charge is 0.417 e. The third-order valence-corrected chi connectivity index (χ3v) is 6.91. The van der Waals surface area contributed by atoms with E-state index in [0.29, 0.717) is 51.0 Å². The molecular formula is C16H23F3N4O2S. The summed E-state index contributed by atoms with van der Waals surface area (Å²) < 4.78 is 66.4. The Morgan fingerprint density at radius 1 is 1.08 bits per heavy atom. The van der Waals surface area contributed by atoms with Crippen molar-refractivity contribution in [1.82, 2.24) is 13.6 Å².